The molecule has 6 nitrogen and oxygen atoms in total. The predicted molar refractivity (Wildman–Crippen MR) is 118 cm³/mol. The van der Waals surface area contributed by atoms with Gasteiger partial charge in [-0.15, -0.1) is 0 Å². The van der Waals surface area contributed by atoms with Crippen LogP contribution in [0.15, 0.2) is 58.1 Å². The lowest BCUT2D eigenvalue weighted by Gasteiger charge is -2.25. The van der Waals surface area contributed by atoms with E-state index in [-0.39, 0.29) is 17.9 Å². The summed E-state index contributed by atoms with van der Waals surface area (Å²) in [6.07, 6.45) is 2.38. The van der Waals surface area contributed by atoms with E-state index in [4.69, 9.17) is 4.74 Å². The Balaban J connectivity index is 1.51. The molecule has 4 rings (SSSR count). The fourth-order valence-corrected chi connectivity index (χ4v) is 4.23. The van der Waals surface area contributed by atoms with Gasteiger partial charge in [-0.25, -0.2) is 5.01 Å². The number of halogens is 1. The molecular formula is C23H24BrN3O3. The van der Waals surface area contributed by atoms with E-state index in [9.17, 15) is 9.59 Å². The van der Waals surface area contributed by atoms with Crippen molar-refractivity contribution in [3.63, 3.8) is 0 Å². The second-order valence-corrected chi connectivity index (χ2v) is 8.44. The summed E-state index contributed by atoms with van der Waals surface area (Å²) in [6.45, 7) is 1.12. The van der Waals surface area contributed by atoms with E-state index >= 15 is 0 Å². The second kappa shape index (κ2) is 9.00. The van der Waals surface area contributed by atoms with Crippen LogP contribution in [-0.4, -0.2) is 53.7 Å². The van der Waals surface area contributed by atoms with E-state index in [2.05, 4.69) is 21.0 Å². The van der Waals surface area contributed by atoms with Gasteiger partial charge in [0.15, 0.2) is 0 Å². The maximum absolute atomic E-state index is 12.9. The van der Waals surface area contributed by atoms with Crippen LogP contribution in [0.25, 0.3) is 0 Å². The lowest BCUT2D eigenvalue weighted by molar-refractivity contribution is -0.133. The number of amides is 2. The molecule has 7 heteroatoms. The molecule has 0 spiro atoms. The quantitative estimate of drug-likeness (QED) is 0.648. The van der Waals surface area contributed by atoms with Crippen LogP contribution in [-0.2, 0) is 16.0 Å². The summed E-state index contributed by atoms with van der Waals surface area (Å²) in [6, 6.07) is 15.4. The zero-order chi connectivity index (χ0) is 21.1. The van der Waals surface area contributed by atoms with Gasteiger partial charge < -0.3 is 9.64 Å². The standard InChI is InChI=1S/C23H24BrN3O3/c1-30-19-5-2-4-16(14-19)7-12-22(29)27-15-20(26-13-3-6-21(26)28)23(25-27)17-8-10-18(24)11-9-17/h2,4-5,8-11,14,20H,3,6-7,12-13,15H2,1H3. The maximum Gasteiger partial charge on any atom is 0.243 e. The van der Waals surface area contributed by atoms with Crippen LogP contribution in [0.1, 0.15) is 30.4 Å². The minimum atomic E-state index is -0.193. The van der Waals surface area contributed by atoms with Gasteiger partial charge in [0.05, 0.1) is 25.4 Å². The molecule has 0 aromatic heterocycles. The van der Waals surface area contributed by atoms with Crippen molar-refractivity contribution in [1.29, 1.82) is 0 Å². The van der Waals surface area contributed by atoms with Crippen molar-refractivity contribution in [2.75, 3.05) is 20.2 Å². The Hall–Kier alpha value is -2.67. The first-order chi connectivity index (χ1) is 14.5. The number of benzene rings is 2. The lowest BCUT2D eigenvalue weighted by atomic mass is 10.0. The monoisotopic (exact) mass is 469 g/mol. The number of ether oxygens (including phenoxy) is 1. The van der Waals surface area contributed by atoms with Crippen LogP contribution in [0.4, 0.5) is 0 Å². The number of rotatable bonds is 6. The molecule has 156 valence electrons. The number of likely N-dealkylation sites (tertiary alicyclic amines) is 1. The van der Waals surface area contributed by atoms with Crippen molar-refractivity contribution in [3.8, 4) is 5.75 Å². The summed E-state index contributed by atoms with van der Waals surface area (Å²) >= 11 is 3.46. The van der Waals surface area contributed by atoms with Crippen molar-refractivity contribution in [1.82, 2.24) is 9.91 Å². The van der Waals surface area contributed by atoms with Gasteiger partial charge in [0.2, 0.25) is 11.8 Å². The molecule has 1 saturated heterocycles. The summed E-state index contributed by atoms with van der Waals surface area (Å²) in [5, 5.41) is 6.20. The summed E-state index contributed by atoms with van der Waals surface area (Å²) in [7, 11) is 1.63. The average molecular weight is 470 g/mol. The number of hydrogen-bond acceptors (Lipinski definition) is 4. The van der Waals surface area contributed by atoms with Crippen LogP contribution in [0.3, 0.4) is 0 Å². The third-order valence-corrected chi connectivity index (χ3v) is 6.09. The Morgan fingerprint density at radius 2 is 2.03 bits per heavy atom. The average Bonchev–Trinajstić information content (AvgIpc) is 3.39. The van der Waals surface area contributed by atoms with Gasteiger partial charge in [-0.3, -0.25) is 9.59 Å². The minimum absolute atomic E-state index is 0.0402. The van der Waals surface area contributed by atoms with E-state index in [1.54, 1.807) is 7.11 Å². The highest BCUT2D eigenvalue weighted by Gasteiger charge is 2.38. The van der Waals surface area contributed by atoms with Gasteiger partial charge in [0, 0.05) is 29.4 Å². The molecule has 0 N–H and O–H groups in total. The van der Waals surface area contributed by atoms with Gasteiger partial charge >= 0.3 is 0 Å². The second-order valence-electron chi connectivity index (χ2n) is 7.53. The van der Waals surface area contributed by atoms with Gasteiger partial charge in [-0.1, -0.05) is 40.2 Å². The minimum Gasteiger partial charge on any atom is -0.497 e. The van der Waals surface area contributed by atoms with Crippen molar-refractivity contribution >= 4 is 33.5 Å². The summed E-state index contributed by atoms with van der Waals surface area (Å²) < 4.78 is 6.23. The molecule has 0 aliphatic carbocycles. The summed E-state index contributed by atoms with van der Waals surface area (Å²) in [5.41, 5.74) is 2.77. The first-order valence-electron chi connectivity index (χ1n) is 10.1. The maximum atomic E-state index is 12.9. The molecule has 30 heavy (non-hydrogen) atoms. The molecular weight excluding hydrogens is 446 g/mol. The van der Waals surface area contributed by atoms with Gasteiger partial charge in [0.1, 0.15) is 5.75 Å². The summed E-state index contributed by atoms with van der Waals surface area (Å²) in [5.74, 6) is 0.876. The SMILES string of the molecule is COc1cccc(CCC(=O)N2CC(N3CCCC3=O)C(c3ccc(Br)cc3)=N2)c1. The first kappa shape index (κ1) is 20.6. The third kappa shape index (κ3) is 4.41. The molecule has 2 heterocycles. The van der Waals surface area contributed by atoms with E-state index in [0.717, 1.165) is 33.5 Å². The fourth-order valence-electron chi connectivity index (χ4n) is 3.97. The smallest absolute Gasteiger partial charge is 0.243 e. The molecule has 2 aromatic carbocycles. The molecule has 0 radical (unpaired) electrons. The van der Waals surface area contributed by atoms with Crippen LogP contribution in [0.5, 0.6) is 5.75 Å². The summed E-state index contributed by atoms with van der Waals surface area (Å²) in [4.78, 5) is 27.2. The Kier molecular flexibility index (Phi) is 6.18. The molecule has 2 aliphatic heterocycles. The van der Waals surface area contributed by atoms with Gasteiger partial charge in [0.25, 0.3) is 0 Å². The van der Waals surface area contributed by atoms with Crippen LogP contribution < -0.4 is 4.74 Å². The molecule has 1 unspecified atom stereocenters. The number of carbonyl (C=O) groups excluding carboxylic acids is 2. The topological polar surface area (TPSA) is 62.2 Å². The molecule has 0 saturated carbocycles. The molecule has 0 bridgehead atoms. The highest BCUT2D eigenvalue weighted by atomic mass is 79.9. The number of aryl methyl sites for hydroxylation is 1. The number of hydrogen-bond donors (Lipinski definition) is 0. The van der Waals surface area contributed by atoms with Crippen LogP contribution >= 0.6 is 15.9 Å². The highest BCUT2D eigenvalue weighted by molar-refractivity contribution is 9.10. The Morgan fingerprint density at radius 1 is 1.23 bits per heavy atom. The van der Waals surface area contributed by atoms with E-state index in [1.165, 1.54) is 5.01 Å². The first-order valence-corrected chi connectivity index (χ1v) is 10.9. The Labute approximate surface area is 184 Å². The van der Waals surface area contributed by atoms with E-state index in [1.807, 2.05) is 53.4 Å². The van der Waals surface area contributed by atoms with E-state index < -0.39 is 0 Å². The van der Waals surface area contributed by atoms with Gasteiger partial charge in [-0.05, 0) is 42.7 Å². The molecule has 2 amide bonds. The fraction of sp³-hybridized carbons (Fsp3) is 0.348. The zero-order valence-corrected chi connectivity index (χ0v) is 18.5. The largest absolute Gasteiger partial charge is 0.497 e. The Bertz CT molecular complexity index is 974. The predicted octanol–water partition coefficient (Wildman–Crippen LogP) is 3.63. The number of methoxy groups -OCH3 is 1. The molecule has 2 aromatic rings. The molecule has 1 atom stereocenters. The van der Waals surface area contributed by atoms with Crippen molar-refractivity contribution in [2.24, 2.45) is 5.10 Å². The normalized spacial score (nSPS) is 18.7. The number of nitrogens with zero attached hydrogens (tertiary/aromatic N) is 3. The van der Waals surface area contributed by atoms with Crippen molar-refractivity contribution in [2.45, 2.75) is 31.7 Å². The highest BCUT2D eigenvalue weighted by Crippen LogP contribution is 2.25. The van der Waals surface area contributed by atoms with E-state index in [0.29, 0.717) is 32.4 Å². The molecule has 2 aliphatic rings. The third-order valence-electron chi connectivity index (χ3n) is 5.57. The van der Waals surface area contributed by atoms with Crippen LogP contribution in [0, 0.1) is 0 Å². The number of hydrazone groups is 1. The van der Waals surface area contributed by atoms with Crippen LogP contribution in [0.2, 0.25) is 0 Å². The molecule has 1 fully saturated rings. The van der Waals surface area contributed by atoms with Crippen molar-refractivity contribution < 1.29 is 14.3 Å². The Morgan fingerprint density at radius 3 is 2.73 bits per heavy atom. The lowest BCUT2D eigenvalue weighted by Crippen LogP contribution is -2.44. The zero-order valence-electron chi connectivity index (χ0n) is 16.9. The number of carbonyl (C=O) groups is 2. The van der Waals surface area contributed by atoms with Gasteiger partial charge in [-0.2, -0.15) is 5.10 Å². The van der Waals surface area contributed by atoms with Crippen molar-refractivity contribution in [3.05, 3.63) is 64.1 Å².